The SMILES string of the molecule is CNC(c1ccccc1)(c1ccccc1)C(O)C(C)(C)C. The number of rotatable bonds is 4. The highest BCUT2D eigenvalue weighted by atomic mass is 16.3. The van der Waals surface area contributed by atoms with Crippen molar-refractivity contribution in [1.29, 1.82) is 0 Å². The molecule has 2 rings (SSSR count). The highest BCUT2D eigenvalue weighted by molar-refractivity contribution is 5.40. The fourth-order valence-corrected chi connectivity index (χ4v) is 2.96. The van der Waals surface area contributed by atoms with Crippen molar-refractivity contribution in [2.75, 3.05) is 7.05 Å². The standard InChI is InChI=1S/C19H25NO/c1-18(2,3)17(21)19(20-4,15-11-7-5-8-12-15)16-13-9-6-10-14-16/h5-14,17,20-21H,1-4H3. The molecule has 0 saturated carbocycles. The smallest absolute Gasteiger partial charge is 0.0956 e. The number of aliphatic hydroxyl groups excluding tert-OH is 1. The fraction of sp³-hybridized carbons (Fsp3) is 0.368. The lowest BCUT2D eigenvalue weighted by molar-refractivity contribution is -0.00378. The van der Waals surface area contributed by atoms with Crippen LogP contribution >= 0.6 is 0 Å². The van der Waals surface area contributed by atoms with E-state index in [4.69, 9.17) is 0 Å². The molecule has 0 spiro atoms. The van der Waals surface area contributed by atoms with E-state index in [2.05, 4.69) is 50.4 Å². The maximum atomic E-state index is 11.1. The molecule has 0 amide bonds. The van der Waals surface area contributed by atoms with E-state index in [0.717, 1.165) is 11.1 Å². The van der Waals surface area contributed by atoms with Gasteiger partial charge in [-0.2, -0.15) is 0 Å². The van der Waals surface area contributed by atoms with Crippen LogP contribution in [0.25, 0.3) is 0 Å². The molecule has 21 heavy (non-hydrogen) atoms. The lowest BCUT2D eigenvalue weighted by Gasteiger charge is -2.45. The van der Waals surface area contributed by atoms with Crippen LogP contribution < -0.4 is 5.32 Å². The van der Waals surface area contributed by atoms with Gasteiger partial charge in [-0.25, -0.2) is 0 Å². The molecule has 2 aromatic carbocycles. The van der Waals surface area contributed by atoms with E-state index >= 15 is 0 Å². The van der Waals surface area contributed by atoms with Gasteiger partial charge in [0.25, 0.3) is 0 Å². The Kier molecular flexibility index (Phi) is 4.50. The van der Waals surface area contributed by atoms with Crippen molar-refractivity contribution in [2.24, 2.45) is 5.41 Å². The van der Waals surface area contributed by atoms with Gasteiger partial charge in [0.2, 0.25) is 0 Å². The van der Waals surface area contributed by atoms with Crippen LogP contribution in [0, 0.1) is 5.41 Å². The first-order chi connectivity index (χ1) is 9.93. The Labute approximate surface area is 127 Å². The van der Waals surface area contributed by atoms with Gasteiger partial charge in [-0.15, -0.1) is 0 Å². The van der Waals surface area contributed by atoms with Gasteiger partial charge < -0.3 is 10.4 Å². The zero-order valence-corrected chi connectivity index (χ0v) is 13.3. The number of aliphatic hydroxyl groups is 1. The van der Waals surface area contributed by atoms with Crippen LogP contribution in [0.1, 0.15) is 31.9 Å². The van der Waals surface area contributed by atoms with E-state index in [9.17, 15) is 5.11 Å². The summed E-state index contributed by atoms with van der Waals surface area (Å²) in [5.74, 6) is 0. The molecule has 0 aliphatic heterocycles. The van der Waals surface area contributed by atoms with Crippen molar-refractivity contribution in [1.82, 2.24) is 5.32 Å². The van der Waals surface area contributed by atoms with Crippen molar-refractivity contribution in [3.63, 3.8) is 0 Å². The summed E-state index contributed by atoms with van der Waals surface area (Å²) in [6.45, 7) is 6.20. The van der Waals surface area contributed by atoms with Crippen LogP contribution in [0.5, 0.6) is 0 Å². The number of likely N-dealkylation sites (N-methyl/N-ethyl adjacent to an activating group) is 1. The highest BCUT2D eigenvalue weighted by Crippen LogP contribution is 2.40. The first kappa shape index (κ1) is 15.7. The molecule has 2 heteroatoms. The van der Waals surface area contributed by atoms with E-state index in [0.29, 0.717) is 0 Å². The zero-order chi connectivity index (χ0) is 15.5. The molecule has 0 aliphatic rings. The van der Waals surface area contributed by atoms with E-state index in [1.54, 1.807) is 0 Å². The van der Waals surface area contributed by atoms with E-state index in [1.807, 2.05) is 43.4 Å². The number of nitrogens with one attached hydrogen (secondary N) is 1. The van der Waals surface area contributed by atoms with Crippen molar-refractivity contribution >= 4 is 0 Å². The Morgan fingerprint density at radius 2 is 1.19 bits per heavy atom. The largest absolute Gasteiger partial charge is 0.390 e. The molecule has 2 nitrogen and oxygen atoms in total. The van der Waals surface area contributed by atoms with Crippen molar-refractivity contribution < 1.29 is 5.11 Å². The molecule has 0 bridgehead atoms. The minimum absolute atomic E-state index is 0.255. The van der Waals surface area contributed by atoms with E-state index in [-0.39, 0.29) is 5.41 Å². The van der Waals surface area contributed by atoms with E-state index in [1.165, 1.54) is 0 Å². The Bertz CT molecular complexity index is 518. The second kappa shape index (κ2) is 6.00. The number of benzene rings is 2. The Morgan fingerprint density at radius 3 is 1.48 bits per heavy atom. The molecule has 2 N–H and O–H groups in total. The first-order valence-corrected chi connectivity index (χ1v) is 7.41. The third kappa shape index (κ3) is 2.87. The fourth-order valence-electron chi connectivity index (χ4n) is 2.96. The molecular formula is C19H25NO. The maximum Gasteiger partial charge on any atom is 0.0956 e. The zero-order valence-electron chi connectivity index (χ0n) is 13.3. The molecule has 1 unspecified atom stereocenters. The molecular weight excluding hydrogens is 258 g/mol. The maximum absolute atomic E-state index is 11.1. The van der Waals surface area contributed by atoms with Gasteiger partial charge in [-0.1, -0.05) is 81.4 Å². The molecule has 0 aliphatic carbocycles. The average Bonchev–Trinajstić information content (AvgIpc) is 2.50. The monoisotopic (exact) mass is 283 g/mol. The van der Waals surface area contributed by atoms with Crippen LogP contribution in [0.2, 0.25) is 0 Å². The molecule has 0 heterocycles. The van der Waals surface area contributed by atoms with Gasteiger partial charge >= 0.3 is 0 Å². The molecule has 0 fully saturated rings. The minimum atomic E-state index is -0.624. The van der Waals surface area contributed by atoms with Crippen LogP contribution in [0.3, 0.4) is 0 Å². The van der Waals surface area contributed by atoms with Gasteiger partial charge in [0.1, 0.15) is 0 Å². The predicted octanol–water partition coefficient (Wildman–Crippen LogP) is 3.56. The summed E-state index contributed by atoms with van der Waals surface area (Å²) in [4.78, 5) is 0. The lowest BCUT2D eigenvalue weighted by atomic mass is 9.69. The summed E-state index contributed by atoms with van der Waals surface area (Å²) < 4.78 is 0. The number of hydrogen-bond acceptors (Lipinski definition) is 2. The third-order valence-corrected chi connectivity index (χ3v) is 4.08. The Balaban J connectivity index is 2.69. The van der Waals surface area contributed by atoms with E-state index < -0.39 is 11.6 Å². The molecule has 0 saturated heterocycles. The van der Waals surface area contributed by atoms with Crippen LogP contribution in [0.4, 0.5) is 0 Å². The summed E-state index contributed by atoms with van der Waals surface area (Å²) in [5, 5.41) is 14.5. The highest BCUT2D eigenvalue weighted by Gasteiger charge is 2.45. The number of hydrogen-bond donors (Lipinski definition) is 2. The summed E-state index contributed by atoms with van der Waals surface area (Å²) in [5.41, 5.74) is 1.26. The van der Waals surface area contributed by atoms with Crippen LogP contribution in [-0.2, 0) is 5.54 Å². The molecule has 2 aromatic rings. The summed E-state index contributed by atoms with van der Waals surface area (Å²) in [6.07, 6.45) is -0.570. The predicted molar refractivity (Wildman–Crippen MR) is 88.2 cm³/mol. The summed E-state index contributed by atoms with van der Waals surface area (Å²) in [7, 11) is 1.91. The second-order valence-electron chi connectivity index (χ2n) is 6.56. The van der Waals surface area contributed by atoms with Gasteiger partial charge in [-0.05, 0) is 23.6 Å². The third-order valence-electron chi connectivity index (χ3n) is 4.08. The van der Waals surface area contributed by atoms with Crippen LogP contribution in [0.15, 0.2) is 60.7 Å². The van der Waals surface area contributed by atoms with Gasteiger partial charge in [0.15, 0.2) is 0 Å². The van der Waals surface area contributed by atoms with Crippen molar-refractivity contribution in [2.45, 2.75) is 32.4 Å². The minimum Gasteiger partial charge on any atom is -0.390 e. The molecule has 0 aromatic heterocycles. The first-order valence-electron chi connectivity index (χ1n) is 7.41. The second-order valence-corrected chi connectivity index (χ2v) is 6.56. The van der Waals surface area contributed by atoms with Crippen molar-refractivity contribution in [3.05, 3.63) is 71.8 Å². The molecule has 112 valence electrons. The average molecular weight is 283 g/mol. The van der Waals surface area contributed by atoms with Gasteiger partial charge in [0, 0.05) is 0 Å². The molecule has 0 radical (unpaired) electrons. The quantitative estimate of drug-likeness (QED) is 0.899. The summed E-state index contributed by atoms with van der Waals surface area (Å²) in [6, 6.07) is 20.3. The molecule has 1 atom stereocenters. The van der Waals surface area contributed by atoms with Crippen LogP contribution in [-0.4, -0.2) is 18.3 Å². The Morgan fingerprint density at radius 1 is 0.810 bits per heavy atom. The van der Waals surface area contributed by atoms with Crippen molar-refractivity contribution in [3.8, 4) is 0 Å². The Hall–Kier alpha value is -1.64. The van der Waals surface area contributed by atoms with Gasteiger partial charge in [-0.3, -0.25) is 0 Å². The normalized spacial score (nSPS) is 14.0. The topological polar surface area (TPSA) is 32.3 Å². The lowest BCUT2D eigenvalue weighted by Crippen LogP contribution is -2.55. The summed E-state index contributed by atoms with van der Waals surface area (Å²) >= 11 is 0. The van der Waals surface area contributed by atoms with Gasteiger partial charge in [0.05, 0.1) is 11.6 Å².